The molecule has 0 fully saturated rings. The lowest BCUT2D eigenvalue weighted by atomic mass is 10.1. The van der Waals surface area contributed by atoms with Crippen LogP contribution in [0.25, 0.3) is 0 Å². The topological polar surface area (TPSA) is 94.6 Å². The number of rotatable bonds is 13. The highest BCUT2D eigenvalue weighted by Gasteiger charge is 2.32. The maximum Gasteiger partial charge on any atom is 0.265 e. The number of nitrogens with zero attached hydrogens (tertiary/aromatic N) is 2. The summed E-state index contributed by atoms with van der Waals surface area (Å²) in [7, 11) is 1.47. The van der Waals surface area contributed by atoms with Crippen LogP contribution < -0.4 is 23.3 Å². The Morgan fingerprint density at radius 1 is 0.643 bits per heavy atom. The number of ether oxygens (including phenoxy) is 4. The van der Waals surface area contributed by atoms with Crippen molar-refractivity contribution in [2.45, 2.75) is 18.0 Å². The Hall–Kier alpha value is -4.70. The number of carbonyl (C=O) groups is 1. The fourth-order valence-electron chi connectivity index (χ4n) is 4.46. The molecular formula is C32H34N2O7S. The average Bonchev–Trinajstić information content (AvgIpc) is 3.03. The van der Waals surface area contributed by atoms with Crippen molar-refractivity contribution in [1.29, 1.82) is 0 Å². The minimum atomic E-state index is -4.33. The van der Waals surface area contributed by atoms with Crippen molar-refractivity contribution in [2.24, 2.45) is 0 Å². The van der Waals surface area contributed by atoms with E-state index in [1.807, 2.05) is 60.7 Å². The predicted octanol–water partition coefficient (Wildman–Crippen LogP) is 5.15. The van der Waals surface area contributed by atoms with Crippen molar-refractivity contribution < 1.29 is 32.2 Å². The highest BCUT2D eigenvalue weighted by Crippen LogP contribution is 2.37. The lowest BCUT2D eigenvalue weighted by Crippen LogP contribution is -2.42. The number of amides is 1. The van der Waals surface area contributed by atoms with E-state index in [1.165, 1.54) is 52.7 Å². The first-order valence-corrected chi connectivity index (χ1v) is 14.6. The number of sulfonamides is 1. The third kappa shape index (κ3) is 6.95. The minimum absolute atomic E-state index is 0.0875. The molecule has 9 nitrogen and oxygen atoms in total. The van der Waals surface area contributed by atoms with E-state index in [9.17, 15) is 13.2 Å². The van der Waals surface area contributed by atoms with E-state index in [0.717, 1.165) is 15.4 Å². The van der Waals surface area contributed by atoms with Crippen LogP contribution in [0, 0.1) is 0 Å². The number of methoxy groups -OCH3 is 4. The highest BCUT2D eigenvalue weighted by atomic mass is 32.2. The molecule has 4 aromatic rings. The molecule has 4 rings (SSSR count). The van der Waals surface area contributed by atoms with Gasteiger partial charge >= 0.3 is 0 Å². The van der Waals surface area contributed by atoms with Gasteiger partial charge in [-0.2, -0.15) is 0 Å². The fourth-order valence-corrected chi connectivity index (χ4v) is 5.89. The smallest absolute Gasteiger partial charge is 0.265 e. The van der Waals surface area contributed by atoms with Gasteiger partial charge in [-0.1, -0.05) is 60.7 Å². The van der Waals surface area contributed by atoms with Crippen molar-refractivity contribution >= 4 is 21.6 Å². The summed E-state index contributed by atoms with van der Waals surface area (Å²) in [4.78, 5) is 15.6. The van der Waals surface area contributed by atoms with Gasteiger partial charge in [0.25, 0.3) is 10.0 Å². The van der Waals surface area contributed by atoms with E-state index in [-0.39, 0.29) is 35.2 Å². The molecule has 0 radical (unpaired) electrons. The summed E-state index contributed by atoms with van der Waals surface area (Å²) in [6.07, 6.45) is 0. The van der Waals surface area contributed by atoms with Crippen molar-refractivity contribution in [3.8, 4) is 23.0 Å². The van der Waals surface area contributed by atoms with Gasteiger partial charge in [-0.15, -0.1) is 0 Å². The monoisotopic (exact) mass is 590 g/mol. The van der Waals surface area contributed by atoms with Gasteiger partial charge < -0.3 is 23.8 Å². The predicted molar refractivity (Wildman–Crippen MR) is 161 cm³/mol. The molecule has 220 valence electrons. The SMILES string of the molecule is COc1ccc(OC)c(N(CC(=O)N(Cc2ccccc2)Cc2ccccc2)S(=O)(=O)c2ccc(OC)c(OC)c2)c1. The zero-order valence-electron chi connectivity index (χ0n) is 24.0. The van der Waals surface area contributed by atoms with E-state index < -0.39 is 22.5 Å². The van der Waals surface area contributed by atoms with Gasteiger partial charge in [0.1, 0.15) is 18.0 Å². The first kappa shape index (κ1) is 30.3. The lowest BCUT2D eigenvalue weighted by Gasteiger charge is -2.30. The van der Waals surface area contributed by atoms with Crippen molar-refractivity contribution in [1.82, 2.24) is 4.90 Å². The van der Waals surface area contributed by atoms with Crippen molar-refractivity contribution in [2.75, 3.05) is 39.3 Å². The van der Waals surface area contributed by atoms with Gasteiger partial charge in [0.05, 0.1) is 39.0 Å². The molecule has 42 heavy (non-hydrogen) atoms. The van der Waals surface area contributed by atoms with E-state index in [0.29, 0.717) is 11.5 Å². The van der Waals surface area contributed by atoms with Crippen LogP contribution in [0.3, 0.4) is 0 Å². The van der Waals surface area contributed by atoms with Crippen LogP contribution >= 0.6 is 0 Å². The van der Waals surface area contributed by atoms with E-state index in [4.69, 9.17) is 18.9 Å². The standard InChI is InChI=1S/C32H34N2O7S/c1-38-26-15-17-29(39-2)28(19-26)34(42(36,37)27-16-18-30(40-3)31(20-27)41-4)23-32(35)33(21-24-11-7-5-8-12-24)22-25-13-9-6-10-14-25/h5-20H,21-23H2,1-4H3. The van der Waals surface area contributed by atoms with Crippen LogP contribution in [0.5, 0.6) is 23.0 Å². The molecule has 0 saturated heterocycles. The van der Waals surface area contributed by atoms with E-state index >= 15 is 0 Å². The summed E-state index contributed by atoms with van der Waals surface area (Å²) < 4.78 is 51.2. The third-order valence-corrected chi connectivity index (χ3v) is 8.42. The number of anilines is 1. The number of benzene rings is 4. The third-order valence-electron chi connectivity index (χ3n) is 6.66. The highest BCUT2D eigenvalue weighted by molar-refractivity contribution is 7.92. The quantitative estimate of drug-likeness (QED) is 0.213. The van der Waals surface area contributed by atoms with Gasteiger partial charge in [-0.05, 0) is 35.4 Å². The number of hydrogen-bond donors (Lipinski definition) is 0. The molecule has 4 aromatic carbocycles. The van der Waals surface area contributed by atoms with E-state index in [2.05, 4.69) is 0 Å². The van der Waals surface area contributed by atoms with Gasteiger partial charge in [-0.25, -0.2) is 8.42 Å². The second-order valence-electron chi connectivity index (χ2n) is 9.29. The summed E-state index contributed by atoms with van der Waals surface area (Å²) in [5, 5.41) is 0. The molecule has 0 spiro atoms. The first-order chi connectivity index (χ1) is 20.3. The summed E-state index contributed by atoms with van der Waals surface area (Å²) >= 11 is 0. The van der Waals surface area contributed by atoms with Crippen LogP contribution in [-0.4, -0.2) is 54.2 Å². The average molecular weight is 591 g/mol. The van der Waals surface area contributed by atoms with Crippen molar-refractivity contribution in [3.05, 3.63) is 108 Å². The Morgan fingerprint density at radius 2 is 1.19 bits per heavy atom. The maximum atomic E-state index is 14.3. The maximum absolute atomic E-state index is 14.3. The molecular weight excluding hydrogens is 556 g/mol. The Labute approximate surface area is 246 Å². The molecule has 0 aromatic heterocycles. The second-order valence-corrected chi connectivity index (χ2v) is 11.1. The Bertz CT molecular complexity index is 1550. The van der Waals surface area contributed by atoms with E-state index in [1.54, 1.807) is 17.0 Å². The molecule has 0 unspecified atom stereocenters. The molecule has 0 aliphatic carbocycles. The Kier molecular flexibility index (Phi) is 9.93. The van der Waals surface area contributed by atoms with Crippen molar-refractivity contribution in [3.63, 3.8) is 0 Å². The van der Waals surface area contributed by atoms with Gasteiger partial charge in [0, 0.05) is 25.2 Å². The Morgan fingerprint density at radius 3 is 1.71 bits per heavy atom. The summed E-state index contributed by atoms with van der Waals surface area (Å²) in [6.45, 7) is 0.0714. The molecule has 0 aliphatic rings. The molecule has 0 aliphatic heterocycles. The molecule has 0 saturated carbocycles. The lowest BCUT2D eigenvalue weighted by molar-refractivity contribution is -0.130. The summed E-state index contributed by atoms with van der Waals surface area (Å²) in [6, 6.07) is 28.2. The van der Waals surface area contributed by atoms with Gasteiger partial charge in [0.15, 0.2) is 11.5 Å². The molecule has 10 heteroatoms. The van der Waals surface area contributed by atoms with Crippen LogP contribution in [0.2, 0.25) is 0 Å². The molecule has 0 bridgehead atoms. The molecule has 0 heterocycles. The number of hydrogen-bond acceptors (Lipinski definition) is 7. The first-order valence-electron chi connectivity index (χ1n) is 13.1. The summed E-state index contributed by atoms with van der Waals surface area (Å²) in [5.74, 6) is 0.852. The minimum Gasteiger partial charge on any atom is -0.497 e. The van der Waals surface area contributed by atoms with Gasteiger partial charge in [0.2, 0.25) is 5.91 Å². The zero-order chi connectivity index (χ0) is 30.1. The normalized spacial score (nSPS) is 11.0. The summed E-state index contributed by atoms with van der Waals surface area (Å²) in [5.41, 5.74) is 1.98. The van der Waals surface area contributed by atoms with Crippen LogP contribution in [0.15, 0.2) is 102 Å². The van der Waals surface area contributed by atoms with Crippen LogP contribution in [0.4, 0.5) is 5.69 Å². The molecule has 0 N–H and O–H groups in total. The van der Waals surface area contributed by atoms with Crippen LogP contribution in [0.1, 0.15) is 11.1 Å². The molecule has 1 amide bonds. The molecule has 0 atom stereocenters. The van der Waals surface area contributed by atoms with Gasteiger partial charge in [-0.3, -0.25) is 9.10 Å². The Balaban J connectivity index is 1.80. The second kappa shape index (κ2) is 13.8. The fraction of sp³-hybridized carbons (Fsp3) is 0.219. The zero-order valence-corrected chi connectivity index (χ0v) is 24.8. The number of carbonyl (C=O) groups excluding carboxylic acids is 1. The van der Waals surface area contributed by atoms with Crippen LogP contribution in [-0.2, 0) is 27.9 Å². The largest absolute Gasteiger partial charge is 0.497 e.